The zero-order valence-electron chi connectivity index (χ0n) is 21.8. The number of halogens is 1. The number of hydrogen-bond donors (Lipinski definition) is 1. The SMILES string of the molecule is CC#Cc1cc(CN2CCC(c3nc4ccccc4n3CC3CC3)CC2)cnc1C(=N)c1cccc(F)c1. The van der Waals surface area contributed by atoms with Crippen molar-refractivity contribution in [1.29, 1.82) is 5.41 Å². The molecule has 1 aliphatic heterocycles. The molecule has 2 aliphatic rings. The number of rotatable bonds is 7. The van der Waals surface area contributed by atoms with Crippen molar-refractivity contribution >= 4 is 16.7 Å². The van der Waals surface area contributed by atoms with Crippen LogP contribution in [0.5, 0.6) is 0 Å². The standard InChI is InChI=1S/C32H32FN5/c1-2-6-26-17-23(19-35-31(26)30(34)25-7-5-8-27(33)18-25)20-37-15-13-24(14-16-37)32-36-28-9-3-4-10-29(28)38(32)21-22-11-12-22/h3-5,7-10,17-19,22,24,34H,11-16,20-21H2,1H3. The molecule has 0 bridgehead atoms. The lowest BCUT2D eigenvalue weighted by Crippen LogP contribution is -2.33. The second-order valence-corrected chi connectivity index (χ2v) is 10.6. The highest BCUT2D eigenvalue weighted by Crippen LogP contribution is 2.36. The van der Waals surface area contributed by atoms with Gasteiger partial charge in [0.05, 0.1) is 22.3 Å². The summed E-state index contributed by atoms with van der Waals surface area (Å²) in [6, 6.07) is 16.7. The molecule has 0 spiro atoms. The Balaban J connectivity index is 1.16. The zero-order chi connectivity index (χ0) is 26.1. The van der Waals surface area contributed by atoms with E-state index in [4.69, 9.17) is 10.4 Å². The van der Waals surface area contributed by atoms with E-state index in [1.165, 1.54) is 36.3 Å². The van der Waals surface area contributed by atoms with Crippen molar-refractivity contribution in [2.75, 3.05) is 13.1 Å². The van der Waals surface area contributed by atoms with Crippen molar-refractivity contribution in [3.05, 3.63) is 94.8 Å². The summed E-state index contributed by atoms with van der Waals surface area (Å²) in [5, 5.41) is 8.60. The Kier molecular flexibility index (Phi) is 6.78. The molecule has 0 unspecified atom stereocenters. The maximum absolute atomic E-state index is 13.7. The van der Waals surface area contributed by atoms with Gasteiger partial charge in [-0.3, -0.25) is 15.3 Å². The highest BCUT2D eigenvalue weighted by Gasteiger charge is 2.29. The van der Waals surface area contributed by atoms with Crippen LogP contribution in [0.2, 0.25) is 0 Å². The number of hydrogen-bond acceptors (Lipinski definition) is 4. The minimum Gasteiger partial charge on any atom is -0.327 e. The fourth-order valence-electron chi connectivity index (χ4n) is 5.57. The third-order valence-electron chi connectivity index (χ3n) is 7.73. The molecule has 1 aliphatic carbocycles. The van der Waals surface area contributed by atoms with E-state index in [0.29, 0.717) is 22.7 Å². The van der Waals surface area contributed by atoms with Crippen LogP contribution >= 0.6 is 0 Å². The van der Waals surface area contributed by atoms with Crippen LogP contribution in [0.25, 0.3) is 11.0 Å². The normalized spacial score (nSPS) is 16.4. The summed E-state index contributed by atoms with van der Waals surface area (Å²) in [4.78, 5) is 12.2. The van der Waals surface area contributed by atoms with Gasteiger partial charge in [0.15, 0.2) is 0 Å². The monoisotopic (exact) mass is 505 g/mol. The molecule has 4 aromatic rings. The number of benzene rings is 2. The van der Waals surface area contributed by atoms with Crippen molar-refractivity contribution in [3.8, 4) is 11.8 Å². The van der Waals surface area contributed by atoms with Crippen molar-refractivity contribution in [2.24, 2.45) is 5.92 Å². The summed E-state index contributed by atoms with van der Waals surface area (Å²) in [6.45, 7) is 5.69. The Labute approximate surface area is 223 Å². The Bertz CT molecular complexity index is 1550. The fraction of sp³-hybridized carbons (Fsp3) is 0.344. The van der Waals surface area contributed by atoms with E-state index >= 15 is 0 Å². The molecule has 38 heavy (non-hydrogen) atoms. The van der Waals surface area contributed by atoms with Gasteiger partial charge in [-0.1, -0.05) is 30.2 Å². The lowest BCUT2D eigenvalue weighted by Gasteiger charge is -2.32. The number of piperidine rings is 1. The van der Waals surface area contributed by atoms with E-state index < -0.39 is 0 Å². The summed E-state index contributed by atoms with van der Waals surface area (Å²) in [7, 11) is 0. The molecule has 0 radical (unpaired) electrons. The third kappa shape index (κ3) is 5.12. The largest absolute Gasteiger partial charge is 0.327 e. The predicted molar refractivity (Wildman–Crippen MR) is 149 cm³/mol. The highest BCUT2D eigenvalue weighted by atomic mass is 19.1. The van der Waals surface area contributed by atoms with Crippen LogP contribution in [-0.2, 0) is 13.1 Å². The van der Waals surface area contributed by atoms with Crippen molar-refractivity contribution in [2.45, 2.75) is 51.6 Å². The number of likely N-dealkylation sites (tertiary alicyclic amines) is 1. The number of aromatic nitrogens is 3. The number of fused-ring (bicyclic) bond motifs is 1. The molecule has 6 heteroatoms. The Morgan fingerprint density at radius 1 is 1.05 bits per heavy atom. The van der Waals surface area contributed by atoms with Crippen molar-refractivity contribution < 1.29 is 4.39 Å². The van der Waals surface area contributed by atoms with Crippen LogP contribution in [-0.4, -0.2) is 38.2 Å². The maximum atomic E-state index is 13.7. The van der Waals surface area contributed by atoms with Gasteiger partial charge in [-0.05, 0) is 87.5 Å². The summed E-state index contributed by atoms with van der Waals surface area (Å²) < 4.78 is 16.2. The van der Waals surface area contributed by atoms with Gasteiger partial charge < -0.3 is 4.57 Å². The van der Waals surface area contributed by atoms with Crippen LogP contribution in [0, 0.1) is 29.0 Å². The van der Waals surface area contributed by atoms with E-state index in [1.807, 2.05) is 12.3 Å². The summed E-state index contributed by atoms with van der Waals surface area (Å²) in [5.74, 6) is 8.25. The molecular formula is C32H32FN5. The summed E-state index contributed by atoms with van der Waals surface area (Å²) in [6.07, 6.45) is 6.69. The van der Waals surface area contributed by atoms with Gasteiger partial charge in [-0.25, -0.2) is 9.37 Å². The second kappa shape index (κ2) is 10.5. The Morgan fingerprint density at radius 3 is 2.63 bits per heavy atom. The Hall–Kier alpha value is -3.82. The third-order valence-corrected chi connectivity index (χ3v) is 7.73. The number of imidazole rings is 1. The number of pyridine rings is 1. The maximum Gasteiger partial charge on any atom is 0.123 e. The van der Waals surface area contributed by atoms with Crippen LogP contribution in [0.3, 0.4) is 0 Å². The molecule has 1 saturated carbocycles. The lowest BCUT2D eigenvalue weighted by molar-refractivity contribution is 0.200. The molecule has 2 aromatic carbocycles. The van der Waals surface area contributed by atoms with Crippen LogP contribution in [0.4, 0.5) is 4.39 Å². The molecule has 192 valence electrons. The van der Waals surface area contributed by atoms with Gasteiger partial charge in [-0.2, -0.15) is 0 Å². The molecule has 0 amide bonds. The molecule has 1 saturated heterocycles. The van der Waals surface area contributed by atoms with Gasteiger partial charge in [0.1, 0.15) is 17.3 Å². The van der Waals surface area contributed by atoms with E-state index in [1.54, 1.807) is 19.1 Å². The molecule has 2 fully saturated rings. The van der Waals surface area contributed by atoms with Gasteiger partial charge in [0, 0.05) is 30.8 Å². The molecule has 2 aromatic heterocycles. The number of para-hydroxylation sites is 2. The number of nitrogens with one attached hydrogen (secondary N) is 1. The molecule has 3 heterocycles. The van der Waals surface area contributed by atoms with E-state index in [-0.39, 0.29) is 11.5 Å². The molecule has 5 nitrogen and oxygen atoms in total. The first-order chi connectivity index (χ1) is 18.6. The van der Waals surface area contributed by atoms with Gasteiger partial charge >= 0.3 is 0 Å². The second-order valence-electron chi connectivity index (χ2n) is 10.6. The first kappa shape index (κ1) is 24.5. The molecule has 1 N–H and O–H groups in total. The average molecular weight is 506 g/mol. The average Bonchev–Trinajstić information content (AvgIpc) is 3.68. The minimum atomic E-state index is -0.362. The molecular weight excluding hydrogens is 473 g/mol. The topological polar surface area (TPSA) is 57.8 Å². The fourth-order valence-corrected chi connectivity index (χ4v) is 5.57. The van der Waals surface area contributed by atoms with Crippen molar-refractivity contribution in [3.63, 3.8) is 0 Å². The van der Waals surface area contributed by atoms with E-state index in [0.717, 1.165) is 56.0 Å². The summed E-state index contributed by atoms with van der Waals surface area (Å²) in [5.41, 5.74) is 5.35. The molecule has 0 atom stereocenters. The quantitative estimate of drug-likeness (QED) is 0.242. The van der Waals surface area contributed by atoms with Crippen LogP contribution < -0.4 is 0 Å². The van der Waals surface area contributed by atoms with Gasteiger partial charge in [0.2, 0.25) is 0 Å². The van der Waals surface area contributed by atoms with Crippen molar-refractivity contribution in [1.82, 2.24) is 19.4 Å². The van der Waals surface area contributed by atoms with Crippen LogP contribution in [0.15, 0.2) is 60.8 Å². The van der Waals surface area contributed by atoms with Gasteiger partial charge in [0.25, 0.3) is 0 Å². The zero-order valence-corrected chi connectivity index (χ0v) is 21.8. The highest BCUT2D eigenvalue weighted by molar-refractivity contribution is 6.11. The van der Waals surface area contributed by atoms with Gasteiger partial charge in [-0.15, -0.1) is 5.92 Å². The summed E-state index contributed by atoms with van der Waals surface area (Å²) >= 11 is 0. The lowest BCUT2D eigenvalue weighted by atomic mass is 9.95. The number of nitrogens with zero attached hydrogens (tertiary/aromatic N) is 4. The first-order valence-electron chi connectivity index (χ1n) is 13.5. The van der Waals surface area contributed by atoms with E-state index in [2.05, 4.69) is 50.6 Å². The minimum absolute atomic E-state index is 0.184. The predicted octanol–water partition coefficient (Wildman–Crippen LogP) is 6.15. The smallest absolute Gasteiger partial charge is 0.123 e. The van der Waals surface area contributed by atoms with E-state index in [9.17, 15) is 4.39 Å². The molecule has 6 rings (SSSR count). The Morgan fingerprint density at radius 2 is 1.87 bits per heavy atom. The van der Waals surface area contributed by atoms with Crippen LogP contribution in [0.1, 0.15) is 66.7 Å². The first-order valence-corrected chi connectivity index (χ1v) is 13.5.